The van der Waals surface area contributed by atoms with Gasteiger partial charge >= 0.3 is 0 Å². The first-order valence-corrected chi connectivity index (χ1v) is 6.16. The van der Waals surface area contributed by atoms with Crippen LogP contribution in [0.2, 0.25) is 0 Å². The zero-order chi connectivity index (χ0) is 11.1. The monoisotopic (exact) mass is 278 g/mol. The van der Waals surface area contributed by atoms with Gasteiger partial charge in [-0.05, 0) is 40.6 Å². The second-order valence-corrected chi connectivity index (χ2v) is 5.05. The molecule has 0 spiro atoms. The summed E-state index contributed by atoms with van der Waals surface area (Å²) in [5.74, 6) is 0.512. The summed E-state index contributed by atoms with van der Waals surface area (Å²) in [6.07, 6.45) is 4.65. The van der Waals surface area contributed by atoms with Crippen molar-refractivity contribution < 1.29 is 4.79 Å². The Bertz CT molecular complexity index is 484. The molecule has 0 aliphatic carbocycles. The van der Waals surface area contributed by atoms with Crippen LogP contribution in [0.25, 0.3) is 6.08 Å². The molecule has 1 atom stereocenters. The van der Waals surface area contributed by atoms with Gasteiger partial charge in [-0.25, -0.2) is 0 Å². The van der Waals surface area contributed by atoms with Gasteiger partial charge in [-0.1, -0.05) is 0 Å². The topological polar surface area (TPSA) is 33.2 Å². The smallest absolute Gasteiger partial charge is 0.183 e. The zero-order valence-corrected chi connectivity index (χ0v) is 10.3. The van der Waals surface area contributed by atoms with Crippen molar-refractivity contribution >= 4 is 27.8 Å². The molecule has 1 aromatic heterocycles. The minimum atomic E-state index is 0.230. The van der Waals surface area contributed by atoms with E-state index in [2.05, 4.69) is 25.8 Å². The first-order chi connectivity index (χ1) is 7.75. The van der Waals surface area contributed by atoms with E-state index in [4.69, 9.17) is 0 Å². The Labute approximate surface area is 102 Å². The first kappa shape index (κ1) is 10.0. The third-order valence-electron chi connectivity index (χ3n) is 3.21. The number of hydrogen-bond donors (Lipinski definition) is 0. The largest absolute Gasteiger partial charge is 0.368 e. The molecule has 0 radical (unpaired) electrons. The van der Waals surface area contributed by atoms with Gasteiger partial charge in [0.15, 0.2) is 5.78 Å². The molecule has 3 rings (SSSR count). The van der Waals surface area contributed by atoms with Gasteiger partial charge < -0.3 is 4.90 Å². The van der Waals surface area contributed by atoms with E-state index in [-0.39, 0.29) is 11.7 Å². The minimum absolute atomic E-state index is 0.230. The quantitative estimate of drug-likeness (QED) is 0.738. The highest BCUT2D eigenvalue weighted by Crippen LogP contribution is 2.33. The zero-order valence-electron chi connectivity index (χ0n) is 8.69. The number of pyridine rings is 1. The van der Waals surface area contributed by atoms with Crippen LogP contribution >= 0.6 is 15.9 Å². The van der Waals surface area contributed by atoms with Crippen LogP contribution in [0.15, 0.2) is 28.5 Å². The number of allylic oxidation sites excluding steroid dienone is 1. The molecule has 2 aliphatic heterocycles. The van der Waals surface area contributed by atoms with Crippen LogP contribution < -0.4 is 0 Å². The van der Waals surface area contributed by atoms with Gasteiger partial charge in [0.2, 0.25) is 0 Å². The van der Waals surface area contributed by atoms with E-state index in [1.54, 1.807) is 6.20 Å². The summed E-state index contributed by atoms with van der Waals surface area (Å²) in [4.78, 5) is 18.3. The standard InChI is InChI=1S/C12H11BrN2O/c13-9-2-1-4-14-10(9)6-11-12(16)8-3-5-15(11)7-8/h1-2,4,6,8H,3,5,7H2. The fourth-order valence-electron chi connectivity index (χ4n) is 2.35. The number of rotatable bonds is 1. The number of fused-ring (bicyclic) bond motifs is 2. The van der Waals surface area contributed by atoms with Crippen LogP contribution in [0.5, 0.6) is 0 Å². The molecular formula is C12H11BrN2O. The van der Waals surface area contributed by atoms with Gasteiger partial charge in [0.1, 0.15) is 0 Å². The normalized spacial score (nSPS) is 25.8. The highest BCUT2D eigenvalue weighted by molar-refractivity contribution is 9.10. The van der Waals surface area contributed by atoms with E-state index in [1.807, 2.05) is 18.2 Å². The number of halogens is 1. The Kier molecular flexibility index (Phi) is 2.32. The van der Waals surface area contributed by atoms with Gasteiger partial charge in [-0.15, -0.1) is 0 Å². The molecule has 0 amide bonds. The van der Waals surface area contributed by atoms with Crippen LogP contribution in [-0.2, 0) is 4.79 Å². The van der Waals surface area contributed by atoms with Crippen molar-refractivity contribution in [2.75, 3.05) is 13.1 Å². The molecule has 2 bridgehead atoms. The summed E-state index contributed by atoms with van der Waals surface area (Å²) in [5, 5.41) is 0. The third-order valence-corrected chi connectivity index (χ3v) is 3.88. The van der Waals surface area contributed by atoms with E-state index < -0.39 is 0 Å². The van der Waals surface area contributed by atoms with Crippen molar-refractivity contribution in [1.29, 1.82) is 0 Å². The van der Waals surface area contributed by atoms with Gasteiger partial charge in [-0.2, -0.15) is 0 Å². The molecule has 1 aromatic rings. The summed E-state index contributed by atoms with van der Waals surface area (Å²) in [6.45, 7) is 1.90. The molecule has 2 aliphatic rings. The van der Waals surface area contributed by atoms with Crippen LogP contribution in [0.4, 0.5) is 0 Å². The lowest BCUT2D eigenvalue weighted by Gasteiger charge is -2.16. The average Bonchev–Trinajstić information content (AvgIpc) is 2.85. The fraction of sp³-hybridized carbons (Fsp3) is 0.333. The van der Waals surface area contributed by atoms with E-state index in [9.17, 15) is 4.79 Å². The second-order valence-electron chi connectivity index (χ2n) is 4.20. The molecule has 16 heavy (non-hydrogen) atoms. The molecule has 3 nitrogen and oxygen atoms in total. The summed E-state index contributed by atoms with van der Waals surface area (Å²) in [6, 6.07) is 3.81. The lowest BCUT2D eigenvalue weighted by atomic mass is 10.0. The van der Waals surface area contributed by atoms with E-state index in [0.717, 1.165) is 35.4 Å². The van der Waals surface area contributed by atoms with Crippen molar-refractivity contribution in [3.8, 4) is 0 Å². The van der Waals surface area contributed by atoms with Gasteiger partial charge in [0.05, 0.1) is 11.4 Å². The van der Waals surface area contributed by atoms with Crippen LogP contribution in [-0.4, -0.2) is 28.8 Å². The Morgan fingerprint density at radius 3 is 3.12 bits per heavy atom. The molecule has 3 heterocycles. The second kappa shape index (κ2) is 3.70. The van der Waals surface area contributed by atoms with Crippen molar-refractivity contribution in [3.63, 3.8) is 0 Å². The highest BCUT2D eigenvalue weighted by Gasteiger charge is 2.40. The van der Waals surface area contributed by atoms with E-state index in [1.165, 1.54) is 0 Å². The van der Waals surface area contributed by atoms with Crippen molar-refractivity contribution in [1.82, 2.24) is 9.88 Å². The number of nitrogens with zero attached hydrogens (tertiary/aromatic N) is 2. The summed E-state index contributed by atoms with van der Waals surface area (Å²) >= 11 is 3.44. The molecule has 2 fully saturated rings. The van der Waals surface area contributed by atoms with Gasteiger partial charge in [0.25, 0.3) is 0 Å². The van der Waals surface area contributed by atoms with Crippen molar-refractivity contribution in [2.45, 2.75) is 6.42 Å². The van der Waals surface area contributed by atoms with Crippen molar-refractivity contribution in [2.24, 2.45) is 5.92 Å². The highest BCUT2D eigenvalue weighted by atomic mass is 79.9. The maximum absolute atomic E-state index is 11.9. The number of ketones is 1. The number of aromatic nitrogens is 1. The summed E-state index contributed by atoms with van der Waals surface area (Å²) in [7, 11) is 0. The number of carbonyl (C=O) groups excluding carboxylic acids is 1. The summed E-state index contributed by atoms with van der Waals surface area (Å²) in [5.41, 5.74) is 1.66. The van der Waals surface area contributed by atoms with E-state index >= 15 is 0 Å². The number of hydrogen-bond acceptors (Lipinski definition) is 3. The predicted octanol–water partition coefficient (Wildman–Crippen LogP) is 2.09. The van der Waals surface area contributed by atoms with Crippen molar-refractivity contribution in [3.05, 3.63) is 34.2 Å². The fourth-order valence-corrected chi connectivity index (χ4v) is 2.72. The lowest BCUT2D eigenvalue weighted by Crippen LogP contribution is -2.21. The Morgan fingerprint density at radius 2 is 2.44 bits per heavy atom. The molecule has 4 heteroatoms. The van der Waals surface area contributed by atoms with Gasteiger partial charge in [0, 0.05) is 29.7 Å². The molecule has 0 N–H and O–H groups in total. The minimum Gasteiger partial charge on any atom is -0.368 e. The average molecular weight is 279 g/mol. The molecule has 1 unspecified atom stereocenters. The lowest BCUT2D eigenvalue weighted by molar-refractivity contribution is -0.118. The maximum atomic E-state index is 11.9. The summed E-state index contributed by atoms with van der Waals surface area (Å²) < 4.78 is 0.930. The number of Topliss-reactive ketones (excluding diaryl/α,β-unsaturated/α-hetero) is 1. The third kappa shape index (κ3) is 1.48. The molecular weight excluding hydrogens is 268 g/mol. The number of carbonyl (C=O) groups is 1. The van der Waals surface area contributed by atoms with E-state index in [0.29, 0.717) is 0 Å². The van der Waals surface area contributed by atoms with Gasteiger partial charge in [-0.3, -0.25) is 9.78 Å². The Balaban J connectivity index is 1.99. The molecule has 0 saturated carbocycles. The molecule has 82 valence electrons. The van der Waals surface area contributed by atoms with Crippen LogP contribution in [0.3, 0.4) is 0 Å². The molecule has 2 saturated heterocycles. The maximum Gasteiger partial charge on any atom is 0.183 e. The first-order valence-electron chi connectivity index (χ1n) is 5.37. The van der Waals surface area contributed by atoms with Crippen LogP contribution in [0.1, 0.15) is 12.1 Å². The molecule has 0 aromatic carbocycles. The Hall–Kier alpha value is -1.16. The Morgan fingerprint density at radius 1 is 1.56 bits per heavy atom. The van der Waals surface area contributed by atoms with Crippen LogP contribution in [0, 0.1) is 5.92 Å². The predicted molar refractivity (Wildman–Crippen MR) is 64.6 cm³/mol. The SMILES string of the molecule is O=C1C(=Cc2ncccc2Br)N2CCC1C2. The number of piperidine rings is 1.